The SMILES string of the molecule is CCNC(=NCC(=O)Nc1cccnc1)NCC1(c2cccc(F)c2)CC1.I. The van der Waals surface area contributed by atoms with E-state index in [0.29, 0.717) is 24.7 Å². The summed E-state index contributed by atoms with van der Waals surface area (Å²) in [5, 5.41) is 9.17. The van der Waals surface area contributed by atoms with E-state index in [2.05, 4.69) is 25.9 Å². The van der Waals surface area contributed by atoms with Crippen LogP contribution in [-0.4, -0.2) is 36.5 Å². The van der Waals surface area contributed by atoms with Gasteiger partial charge in [-0.25, -0.2) is 9.38 Å². The van der Waals surface area contributed by atoms with E-state index in [0.717, 1.165) is 18.4 Å². The van der Waals surface area contributed by atoms with Gasteiger partial charge in [0.25, 0.3) is 0 Å². The molecule has 6 nitrogen and oxygen atoms in total. The van der Waals surface area contributed by atoms with Crippen LogP contribution in [0.25, 0.3) is 0 Å². The molecular formula is C20H25FIN5O. The van der Waals surface area contributed by atoms with Gasteiger partial charge in [-0.1, -0.05) is 12.1 Å². The first kappa shape index (κ1) is 22.1. The zero-order valence-corrected chi connectivity index (χ0v) is 18.1. The van der Waals surface area contributed by atoms with Crippen LogP contribution in [0, 0.1) is 5.82 Å². The number of halogens is 2. The summed E-state index contributed by atoms with van der Waals surface area (Å²) in [7, 11) is 0. The van der Waals surface area contributed by atoms with Gasteiger partial charge in [-0.2, -0.15) is 0 Å². The Bertz CT molecular complexity index is 811. The van der Waals surface area contributed by atoms with Gasteiger partial charge < -0.3 is 16.0 Å². The largest absolute Gasteiger partial charge is 0.357 e. The highest BCUT2D eigenvalue weighted by molar-refractivity contribution is 14.0. The zero-order chi connectivity index (χ0) is 19.1. The number of nitrogens with zero attached hydrogens (tertiary/aromatic N) is 2. The highest BCUT2D eigenvalue weighted by Crippen LogP contribution is 2.47. The summed E-state index contributed by atoms with van der Waals surface area (Å²) >= 11 is 0. The number of amides is 1. The van der Waals surface area contributed by atoms with Crippen LogP contribution in [0.15, 0.2) is 53.8 Å². The van der Waals surface area contributed by atoms with Gasteiger partial charge in [0.1, 0.15) is 12.4 Å². The number of carbonyl (C=O) groups is 1. The summed E-state index contributed by atoms with van der Waals surface area (Å²) in [5.41, 5.74) is 1.58. The van der Waals surface area contributed by atoms with Crippen LogP contribution >= 0.6 is 24.0 Å². The molecule has 3 N–H and O–H groups in total. The average Bonchev–Trinajstić information content (AvgIpc) is 3.46. The molecule has 1 aromatic heterocycles. The molecule has 1 fully saturated rings. The van der Waals surface area contributed by atoms with Crippen molar-refractivity contribution in [2.45, 2.75) is 25.2 Å². The Kier molecular flexibility index (Phi) is 8.16. The van der Waals surface area contributed by atoms with Gasteiger partial charge in [0.2, 0.25) is 5.91 Å². The third kappa shape index (κ3) is 6.15. The van der Waals surface area contributed by atoms with E-state index in [1.807, 2.05) is 13.0 Å². The number of benzene rings is 1. The molecule has 0 radical (unpaired) electrons. The molecule has 0 spiro atoms. The number of rotatable bonds is 7. The highest BCUT2D eigenvalue weighted by atomic mass is 127. The Balaban J connectivity index is 0.00000280. The minimum absolute atomic E-state index is 0. The maximum atomic E-state index is 13.5. The lowest BCUT2D eigenvalue weighted by Gasteiger charge is -2.19. The van der Waals surface area contributed by atoms with Gasteiger partial charge in [-0.3, -0.25) is 9.78 Å². The fourth-order valence-corrected chi connectivity index (χ4v) is 2.92. The fourth-order valence-electron chi connectivity index (χ4n) is 2.92. The second-order valence-corrected chi connectivity index (χ2v) is 6.63. The highest BCUT2D eigenvalue weighted by Gasteiger charge is 2.44. The van der Waals surface area contributed by atoms with Crippen LogP contribution in [0.3, 0.4) is 0 Å². The van der Waals surface area contributed by atoms with Crippen molar-refractivity contribution in [2.75, 3.05) is 25.0 Å². The second-order valence-electron chi connectivity index (χ2n) is 6.63. The Morgan fingerprint density at radius 1 is 1.25 bits per heavy atom. The maximum absolute atomic E-state index is 13.5. The number of nitrogens with one attached hydrogen (secondary N) is 3. The van der Waals surface area contributed by atoms with E-state index in [1.165, 1.54) is 6.07 Å². The third-order valence-corrected chi connectivity index (χ3v) is 4.56. The fraction of sp³-hybridized carbons (Fsp3) is 0.350. The first-order chi connectivity index (χ1) is 13.1. The van der Waals surface area contributed by atoms with E-state index < -0.39 is 0 Å². The number of pyridine rings is 1. The number of hydrogen-bond donors (Lipinski definition) is 3. The van der Waals surface area contributed by atoms with E-state index in [9.17, 15) is 9.18 Å². The summed E-state index contributed by atoms with van der Waals surface area (Å²) in [4.78, 5) is 20.3. The van der Waals surface area contributed by atoms with Crippen molar-refractivity contribution in [3.05, 3.63) is 60.2 Å². The van der Waals surface area contributed by atoms with Gasteiger partial charge in [-0.15, -0.1) is 24.0 Å². The van der Waals surface area contributed by atoms with Crippen LogP contribution < -0.4 is 16.0 Å². The van der Waals surface area contributed by atoms with E-state index in [1.54, 1.807) is 36.7 Å². The van der Waals surface area contributed by atoms with Crippen LogP contribution in [0.1, 0.15) is 25.3 Å². The Labute approximate surface area is 181 Å². The number of hydrogen-bond acceptors (Lipinski definition) is 3. The molecule has 0 bridgehead atoms. The summed E-state index contributed by atoms with van der Waals surface area (Å²) in [6, 6.07) is 10.3. The number of carbonyl (C=O) groups excluding carboxylic acids is 1. The normalized spacial score (nSPS) is 14.6. The molecule has 150 valence electrons. The van der Waals surface area contributed by atoms with Gasteiger partial charge in [0.15, 0.2) is 5.96 Å². The smallest absolute Gasteiger partial charge is 0.246 e. The predicted molar refractivity (Wildman–Crippen MR) is 120 cm³/mol. The minimum Gasteiger partial charge on any atom is -0.357 e. The quantitative estimate of drug-likeness (QED) is 0.312. The number of anilines is 1. The maximum Gasteiger partial charge on any atom is 0.246 e. The minimum atomic E-state index is -0.216. The molecule has 1 aliphatic carbocycles. The first-order valence-corrected chi connectivity index (χ1v) is 9.09. The van der Waals surface area contributed by atoms with Crippen molar-refractivity contribution in [1.29, 1.82) is 0 Å². The average molecular weight is 497 g/mol. The molecule has 28 heavy (non-hydrogen) atoms. The Hall–Kier alpha value is -2.23. The van der Waals surface area contributed by atoms with Gasteiger partial charge in [-0.05, 0) is 49.6 Å². The van der Waals surface area contributed by atoms with Crippen LogP contribution in [-0.2, 0) is 10.2 Å². The second kappa shape index (κ2) is 10.4. The van der Waals surface area contributed by atoms with E-state index in [-0.39, 0.29) is 47.7 Å². The van der Waals surface area contributed by atoms with E-state index >= 15 is 0 Å². The molecule has 0 saturated heterocycles. The molecule has 2 aromatic rings. The lowest BCUT2D eigenvalue weighted by Crippen LogP contribution is -2.41. The topological polar surface area (TPSA) is 78.4 Å². The molecule has 1 aliphatic rings. The van der Waals surface area contributed by atoms with Crippen molar-refractivity contribution >= 4 is 41.5 Å². The lowest BCUT2D eigenvalue weighted by atomic mass is 9.96. The molecule has 1 saturated carbocycles. The molecule has 0 aliphatic heterocycles. The molecule has 1 heterocycles. The van der Waals surface area contributed by atoms with Gasteiger partial charge in [0.05, 0.1) is 11.9 Å². The summed E-state index contributed by atoms with van der Waals surface area (Å²) < 4.78 is 13.5. The van der Waals surface area contributed by atoms with Crippen LogP contribution in [0.2, 0.25) is 0 Å². The number of aliphatic imine (C=N–C) groups is 1. The predicted octanol–water partition coefficient (Wildman–Crippen LogP) is 3.06. The summed E-state index contributed by atoms with van der Waals surface area (Å²) in [6.07, 6.45) is 5.24. The van der Waals surface area contributed by atoms with Crippen LogP contribution in [0.4, 0.5) is 10.1 Å². The standard InChI is InChI=1S/C20H24FN5O.HI/c1-2-23-19(24-13-18(27)26-17-7-4-10-22-12-17)25-14-20(8-9-20)15-5-3-6-16(21)11-15;/h3-7,10-12H,2,8-9,13-14H2,1H3,(H,26,27)(H2,23,24,25);1H. The molecule has 1 aromatic carbocycles. The van der Waals surface area contributed by atoms with Crippen molar-refractivity contribution in [2.24, 2.45) is 4.99 Å². The lowest BCUT2D eigenvalue weighted by molar-refractivity contribution is -0.114. The Morgan fingerprint density at radius 2 is 2.07 bits per heavy atom. The summed E-state index contributed by atoms with van der Waals surface area (Å²) in [5.74, 6) is 0.138. The molecule has 8 heteroatoms. The van der Waals surface area contributed by atoms with Crippen molar-refractivity contribution in [3.63, 3.8) is 0 Å². The van der Waals surface area contributed by atoms with Gasteiger partial charge in [0, 0.05) is 24.7 Å². The number of guanidine groups is 1. The van der Waals surface area contributed by atoms with Crippen molar-refractivity contribution < 1.29 is 9.18 Å². The summed E-state index contributed by atoms with van der Waals surface area (Å²) in [6.45, 7) is 3.29. The molecular weight excluding hydrogens is 472 g/mol. The molecule has 1 amide bonds. The molecule has 0 atom stereocenters. The first-order valence-electron chi connectivity index (χ1n) is 9.09. The third-order valence-electron chi connectivity index (χ3n) is 4.56. The molecule has 0 unspecified atom stereocenters. The van der Waals surface area contributed by atoms with Crippen molar-refractivity contribution in [1.82, 2.24) is 15.6 Å². The van der Waals surface area contributed by atoms with Gasteiger partial charge >= 0.3 is 0 Å². The van der Waals surface area contributed by atoms with Crippen molar-refractivity contribution in [3.8, 4) is 0 Å². The van der Waals surface area contributed by atoms with E-state index in [4.69, 9.17) is 0 Å². The molecule has 3 rings (SSSR count). The van der Waals surface area contributed by atoms with Crippen LogP contribution in [0.5, 0.6) is 0 Å². The Morgan fingerprint density at radius 3 is 2.71 bits per heavy atom. The zero-order valence-electron chi connectivity index (χ0n) is 15.7. The monoisotopic (exact) mass is 497 g/mol. The number of aromatic nitrogens is 1.